The zero-order chi connectivity index (χ0) is 14.3. The molecule has 1 aliphatic heterocycles. The van der Waals surface area contributed by atoms with Gasteiger partial charge in [0.25, 0.3) is 0 Å². The third kappa shape index (κ3) is 7.06. The van der Waals surface area contributed by atoms with Crippen LogP contribution in [0.15, 0.2) is 29.2 Å². The Morgan fingerprint density at radius 2 is 1.70 bits per heavy atom. The topological polar surface area (TPSA) is 37.4 Å². The first-order valence-corrected chi connectivity index (χ1v) is 7.27. The SMILES string of the molecule is FB(F)F.O=S(=O)(c1c[c-]ccc1)N1CCCCC1.[K+]. The van der Waals surface area contributed by atoms with Crippen molar-refractivity contribution in [1.29, 1.82) is 0 Å². The van der Waals surface area contributed by atoms with Crippen LogP contribution in [-0.4, -0.2) is 33.4 Å². The second-order valence-corrected chi connectivity index (χ2v) is 5.89. The van der Waals surface area contributed by atoms with Gasteiger partial charge in [-0.15, -0.1) is 0 Å². The van der Waals surface area contributed by atoms with E-state index in [1.54, 1.807) is 22.5 Å². The summed E-state index contributed by atoms with van der Waals surface area (Å²) in [5.41, 5.74) is 0. The maximum atomic E-state index is 12.1. The molecule has 0 aromatic heterocycles. The van der Waals surface area contributed by atoms with Crippen LogP contribution >= 0.6 is 0 Å². The minimum absolute atomic E-state index is 0. The quantitative estimate of drug-likeness (QED) is 0.544. The van der Waals surface area contributed by atoms with Crippen LogP contribution in [0.3, 0.4) is 0 Å². The van der Waals surface area contributed by atoms with Gasteiger partial charge in [0.2, 0.25) is 0 Å². The van der Waals surface area contributed by atoms with Crippen LogP contribution in [0.1, 0.15) is 19.3 Å². The Kier molecular flexibility index (Phi) is 10.7. The van der Waals surface area contributed by atoms with Crippen LogP contribution in [0.25, 0.3) is 0 Å². The van der Waals surface area contributed by atoms with Crippen molar-refractivity contribution in [2.75, 3.05) is 13.1 Å². The summed E-state index contributed by atoms with van der Waals surface area (Å²) in [4.78, 5) is 0.354. The van der Waals surface area contributed by atoms with Crippen LogP contribution in [0.4, 0.5) is 12.9 Å². The van der Waals surface area contributed by atoms with Gasteiger partial charge in [-0.2, -0.15) is 30.3 Å². The fourth-order valence-corrected chi connectivity index (χ4v) is 3.30. The van der Waals surface area contributed by atoms with Crippen molar-refractivity contribution in [3.05, 3.63) is 30.3 Å². The molecule has 1 saturated heterocycles. The van der Waals surface area contributed by atoms with Gasteiger partial charge in [0.15, 0.2) is 10.0 Å². The second kappa shape index (κ2) is 10.4. The molecule has 2 rings (SSSR count). The summed E-state index contributed by atoms with van der Waals surface area (Å²) in [7, 11) is -6.93. The summed E-state index contributed by atoms with van der Waals surface area (Å²) in [5.74, 6) is 0. The van der Waals surface area contributed by atoms with Crippen LogP contribution in [0.2, 0.25) is 0 Å². The molecule has 9 heteroatoms. The van der Waals surface area contributed by atoms with E-state index in [0.29, 0.717) is 18.0 Å². The summed E-state index contributed by atoms with van der Waals surface area (Å²) in [6.07, 6.45) is 3.07. The van der Waals surface area contributed by atoms with Crippen molar-refractivity contribution >= 4 is 17.6 Å². The maximum Gasteiger partial charge on any atom is 1.00 e. The minimum Gasteiger partial charge on any atom is -0.254 e. The molecule has 1 aromatic carbocycles. The number of hydrogen-bond donors (Lipinski definition) is 0. The molecule has 0 unspecified atom stereocenters. The summed E-state index contributed by atoms with van der Waals surface area (Å²) >= 11 is 0. The minimum atomic E-state index is -3.67. The van der Waals surface area contributed by atoms with Gasteiger partial charge in [-0.05, 0) is 17.7 Å². The average molecular weight is 331 g/mol. The number of halogens is 3. The number of piperidine rings is 1. The van der Waals surface area contributed by atoms with E-state index in [9.17, 15) is 21.4 Å². The van der Waals surface area contributed by atoms with E-state index in [1.165, 1.54) is 6.07 Å². The summed E-state index contributed by atoms with van der Waals surface area (Å²) < 4.78 is 54.8. The van der Waals surface area contributed by atoms with Crippen molar-refractivity contribution in [2.45, 2.75) is 24.2 Å². The predicted octanol–water partition coefficient (Wildman–Crippen LogP) is -0.455. The molecule has 0 radical (unpaired) electrons. The smallest absolute Gasteiger partial charge is 0.254 e. The zero-order valence-corrected chi connectivity index (χ0v) is 15.2. The number of sulfonamides is 1. The predicted molar refractivity (Wildman–Crippen MR) is 67.0 cm³/mol. The van der Waals surface area contributed by atoms with Gasteiger partial charge in [0.1, 0.15) is 0 Å². The van der Waals surface area contributed by atoms with Gasteiger partial charge < -0.3 is 0 Å². The van der Waals surface area contributed by atoms with Crippen LogP contribution in [0.5, 0.6) is 0 Å². The molecule has 0 spiro atoms. The van der Waals surface area contributed by atoms with Gasteiger partial charge in [-0.3, -0.25) is 12.9 Å². The van der Waals surface area contributed by atoms with E-state index in [2.05, 4.69) is 6.07 Å². The third-order valence-corrected chi connectivity index (χ3v) is 4.53. The van der Waals surface area contributed by atoms with Crippen molar-refractivity contribution < 1.29 is 72.7 Å². The molecule has 0 saturated carbocycles. The molecule has 0 N–H and O–H groups in total. The first kappa shape index (κ1) is 20.6. The Morgan fingerprint density at radius 3 is 2.15 bits per heavy atom. The van der Waals surface area contributed by atoms with Gasteiger partial charge in [0, 0.05) is 13.1 Å². The summed E-state index contributed by atoms with van der Waals surface area (Å²) in [6, 6.07) is 9.37. The molecule has 3 nitrogen and oxygen atoms in total. The average Bonchev–Trinajstić information content (AvgIpc) is 2.40. The maximum absolute atomic E-state index is 12.1. The van der Waals surface area contributed by atoms with Crippen molar-refractivity contribution in [3.63, 3.8) is 0 Å². The van der Waals surface area contributed by atoms with Crippen molar-refractivity contribution in [2.24, 2.45) is 0 Å². The standard InChI is InChI=1S/C11H14NO2S.BF3.K/c13-15(14,11-7-3-1-4-8-11)12-9-5-2-6-10-12;2-1(3)4;/h1,3,7-8H,2,5-6,9-10H2;;/q-1;;+1. The Morgan fingerprint density at radius 1 is 1.15 bits per heavy atom. The van der Waals surface area contributed by atoms with Crippen LogP contribution < -0.4 is 51.4 Å². The largest absolute Gasteiger partial charge is 1.00 e. The van der Waals surface area contributed by atoms with Crippen LogP contribution in [0, 0.1) is 6.07 Å². The van der Waals surface area contributed by atoms with E-state index >= 15 is 0 Å². The molecule has 0 amide bonds. The second-order valence-electron chi connectivity index (χ2n) is 3.95. The number of benzene rings is 1. The molecule has 20 heavy (non-hydrogen) atoms. The molecule has 1 aromatic rings. The molecule has 0 aliphatic carbocycles. The Labute approximate surface area is 160 Å². The molecule has 1 aliphatic rings. The number of nitrogens with zero attached hydrogens (tertiary/aromatic N) is 1. The number of rotatable bonds is 2. The fraction of sp³-hybridized carbons (Fsp3) is 0.455. The normalized spacial score (nSPS) is 15.6. The summed E-state index contributed by atoms with van der Waals surface area (Å²) in [6.45, 7) is 1.30. The fourth-order valence-electron chi connectivity index (χ4n) is 1.79. The van der Waals surface area contributed by atoms with Gasteiger partial charge >= 0.3 is 58.9 Å². The molecule has 0 bridgehead atoms. The Balaban J connectivity index is 0.000000644. The van der Waals surface area contributed by atoms with E-state index in [1.807, 2.05) is 0 Å². The monoisotopic (exact) mass is 331 g/mol. The Bertz CT molecular complexity index is 467. The van der Waals surface area contributed by atoms with Crippen molar-refractivity contribution in [1.82, 2.24) is 4.31 Å². The first-order chi connectivity index (χ1) is 8.94. The molecular weight excluding hydrogens is 317 g/mol. The van der Waals surface area contributed by atoms with E-state index < -0.39 is 17.6 Å². The van der Waals surface area contributed by atoms with Gasteiger partial charge in [-0.1, -0.05) is 6.42 Å². The zero-order valence-electron chi connectivity index (χ0n) is 11.2. The summed E-state index contributed by atoms with van der Waals surface area (Å²) in [5, 5.41) is 0. The van der Waals surface area contributed by atoms with E-state index in [-0.39, 0.29) is 51.4 Å². The molecule has 1 heterocycles. The number of hydrogen-bond acceptors (Lipinski definition) is 2. The molecule has 0 atom stereocenters. The van der Waals surface area contributed by atoms with Crippen LogP contribution in [-0.2, 0) is 10.0 Å². The molecule has 1 fully saturated rings. The van der Waals surface area contributed by atoms with Gasteiger partial charge in [-0.25, -0.2) is 12.7 Å². The molecular formula is C11H14BF3KNO2S. The third-order valence-electron chi connectivity index (χ3n) is 2.63. The first-order valence-electron chi connectivity index (χ1n) is 5.83. The van der Waals surface area contributed by atoms with Gasteiger partial charge in [0.05, 0.1) is 0 Å². The van der Waals surface area contributed by atoms with E-state index in [0.717, 1.165) is 19.3 Å². The van der Waals surface area contributed by atoms with Crippen molar-refractivity contribution in [3.8, 4) is 0 Å². The Hall–Kier alpha value is 0.621. The molecule has 106 valence electrons. The van der Waals surface area contributed by atoms with E-state index in [4.69, 9.17) is 0 Å².